The lowest BCUT2D eigenvalue weighted by Crippen LogP contribution is -3.05. The molecular weight excluding hydrogens is 418 g/mol. The van der Waals surface area contributed by atoms with Gasteiger partial charge in [-0.3, -0.25) is 14.6 Å². The molecule has 1 saturated heterocycles. The van der Waals surface area contributed by atoms with Crippen LogP contribution in [0.1, 0.15) is 43.0 Å². The van der Waals surface area contributed by atoms with Gasteiger partial charge < -0.3 is 19.6 Å². The number of aryl methyl sites for hydroxylation is 1. The lowest BCUT2D eigenvalue weighted by molar-refractivity contribution is -0.858. The molecule has 1 aromatic carbocycles. The minimum Gasteiger partial charge on any atom is -0.507 e. The quantitative estimate of drug-likeness (QED) is 0.347. The third-order valence-electron chi connectivity index (χ3n) is 5.67. The van der Waals surface area contributed by atoms with Crippen LogP contribution >= 0.6 is 0 Å². The van der Waals surface area contributed by atoms with Gasteiger partial charge in [0.05, 0.1) is 38.9 Å². The first-order valence-electron chi connectivity index (χ1n) is 11.4. The second kappa shape index (κ2) is 10.6. The van der Waals surface area contributed by atoms with Gasteiger partial charge >= 0.3 is 0 Å². The van der Waals surface area contributed by atoms with Gasteiger partial charge in [-0.15, -0.1) is 0 Å². The van der Waals surface area contributed by atoms with Gasteiger partial charge in [0.15, 0.2) is 0 Å². The van der Waals surface area contributed by atoms with Gasteiger partial charge in [0.1, 0.15) is 11.5 Å². The van der Waals surface area contributed by atoms with E-state index in [4.69, 9.17) is 4.74 Å². The maximum Gasteiger partial charge on any atom is 0.295 e. The topological polar surface area (TPSA) is 84.2 Å². The van der Waals surface area contributed by atoms with Gasteiger partial charge in [-0.25, -0.2) is 0 Å². The van der Waals surface area contributed by atoms with E-state index in [9.17, 15) is 14.7 Å². The molecule has 1 aliphatic heterocycles. The maximum atomic E-state index is 13.1. The van der Waals surface area contributed by atoms with Crippen molar-refractivity contribution in [3.63, 3.8) is 0 Å². The van der Waals surface area contributed by atoms with Gasteiger partial charge in [-0.1, -0.05) is 13.8 Å². The van der Waals surface area contributed by atoms with Gasteiger partial charge in [-0.05, 0) is 54.3 Å². The summed E-state index contributed by atoms with van der Waals surface area (Å²) in [6.45, 7) is 7.89. The molecule has 2 N–H and O–H groups in total. The Morgan fingerprint density at radius 2 is 1.88 bits per heavy atom. The van der Waals surface area contributed by atoms with Crippen LogP contribution in [0.3, 0.4) is 0 Å². The van der Waals surface area contributed by atoms with E-state index in [0.717, 1.165) is 24.1 Å². The van der Waals surface area contributed by atoms with Crippen molar-refractivity contribution in [1.82, 2.24) is 9.88 Å². The second-order valence-electron chi connectivity index (χ2n) is 9.27. The predicted octanol–water partition coefficient (Wildman–Crippen LogP) is 2.38. The van der Waals surface area contributed by atoms with Gasteiger partial charge in [0.25, 0.3) is 11.7 Å². The summed E-state index contributed by atoms with van der Waals surface area (Å²) in [5, 5.41) is 11.3. The highest BCUT2D eigenvalue weighted by atomic mass is 16.5. The number of carbonyl (C=O) groups is 2. The smallest absolute Gasteiger partial charge is 0.295 e. The van der Waals surface area contributed by atoms with Gasteiger partial charge in [-0.2, -0.15) is 0 Å². The Kier molecular flexibility index (Phi) is 7.87. The first-order chi connectivity index (χ1) is 15.7. The van der Waals surface area contributed by atoms with E-state index in [1.807, 2.05) is 27.1 Å². The molecule has 1 aromatic heterocycles. The maximum absolute atomic E-state index is 13.1. The van der Waals surface area contributed by atoms with Crippen LogP contribution in [-0.4, -0.2) is 60.5 Å². The molecule has 0 aliphatic carbocycles. The van der Waals surface area contributed by atoms with Crippen molar-refractivity contribution in [2.45, 2.75) is 33.2 Å². The molecule has 7 nitrogen and oxygen atoms in total. The predicted molar refractivity (Wildman–Crippen MR) is 127 cm³/mol. The summed E-state index contributed by atoms with van der Waals surface area (Å²) in [6, 6.07) is 8.28. The molecule has 1 unspecified atom stereocenters. The molecule has 1 aliphatic rings. The van der Waals surface area contributed by atoms with Crippen LogP contribution in [0.2, 0.25) is 0 Å². The Morgan fingerprint density at radius 1 is 1.18 bits per heavy atom. The van der Waals surface area contributed by atoms with Crippen molar-refractivity contribution in [1.29, 1.82) is 0 Å². The number of amides is 1. The summed E-state index contributed by atoms with van der Waals surface area (Å²) in [4.78, 5) is 33.0. The number of aliphatic hydroxyl groups excluding tert-OH is 1. The molecule has 0 spiro atoms. The van der Waals surface area contributed by atoms with Gasteiger partial charge in [0.2, 0.25) is 0 Å². The Balaban J connectivity index is 2.02. The largest absolute Gasteiger partial charge is 0.507 e. The summed E-state index contributed by atoms with van der Waals surface area (Å²) in [5.41, 5.74) is 2.14. The minimum absolute atomic E-state index is 0.113. The van der Waals surface area contributed by atoms with E-state index in [1.54, 1.807) is 41.6 Å². The molecule has 1 fully saturated rings. The zero-order valence-corrected chi connectivity index (χ0v) is 20.1. The molecule has 7 heteroatoms. The molecule has 2 heterocycles. The molecule has 0 saturated carbocycles. The summed E-state index contributed by atoms with van der Waals surface area (Å²) in [7, 11) is 4.09. The fourth-order valence-electron chi connectivity index (χ4n) is 4.01. The fourth-order valence-corrected chi connectivity index (χ4v) is 4.01. The number of likely N-dealkylation sites (tertiary alicyclic amines) is 1. The number of pyridine rings is 1. The van der Waals surface area contributed by atoms with E-state index >= 15 is 0 Å². The van der Waals surface area contributed by atoms with E-state index in [1.165, 1.54) is 4.90 Å². The lowest BCUT2D eigenvalue weighted by Gasteiger charge is -2.25. The van der Waals surface area contributed by atoms with Crippen molar-refractivity contribution in [2.75, 3.05) is 33.8 Å². The van der Waals surface area contributed by atoms with Crippen LogP contribution in [0, 0.1) is 12.8 Å². The summed E-state index contributed by atoms with van der Waals surface area (Å²) < 4.78 is 5.78. The molecule has 0 radical (unpaired) electrons. The van der Waals surface area contributed by atoms with Crippen LogP contribution in [0.4, 0.5) is 0 Å². The highest BCUT2D eigenvalue weighted by Crippen LogP contribution is 2.40. The summed E-state index contributed by atoms with van der Waals surface area (Å²) in [6.07, 6.45) is 4.01. The first-order valence-corrected chi connectivity index (χ1v) is 11.4. The van der Waals surface area contributed by atoms with Crippen LogP contribution < -0.4 is 9.64 Å². The van der Waals surface area contributed by atoms with E-state index in [-0.39, 0.29) is 11.3 Å². The number of aromatic nitrogens is 1. The first kappa shape index (κ1) is 24.5. The molecule has 1 amide bonds. The molecule has 176 valence electrons. The number of benzene rings is 1. The number of ether oxygens (including phenoxy) is 1. The monoisotopic (exact) mass is 452 g/mol. The number of rotatable bonds is 9. The number of aliphatic hydroxyl groups is 1. The fraction of sp³-hybridized carbons (Fsp3) is 0.423. The summed E-state index contributed by atoms with van der Waals surface area (Å²) >= 11 is 0. The molecule has 2 aromatic rings. The van der Waals surface area contributed by atoms with Crippen LogP contribution in [0.25, 0.3) is 5.76 Å². The van der Waals surface area contributed by atoms with Crippen LogP contribution in [0.15, 0.2) is 48.3 Å². The average Bonchev–Trinajstić information content (AvgIpc) is 3.02. The van der Waals surface area contributed by atoms with Crippen LogP contribution in [0.5, 0.6) is 5.75 Å². The summed E-state index contributed by atoms with van der Waals surface area (Å²) in [5.74, 6) is -0.310. The standard InChI is InChI=1S/C26H33N3O4/c1-17(2)16-33-20-7-8-21(18(3)15-20)24(30)22-23(19-9-11-27-12-10-19)29(26(32)25(22)31)14-6-13-28(4)5/h7-12,15,17,23,30H,6,13-14,16H2,1-5H3/p+1. The van der Waals surface area contributed by atoms with Crippen molar-refractivity contribution in [3.8, 4) is 5.75 Å². The minimum atomic E-state index is -0.661. The molecule has 0 bridgehead atoms. The van der Waals surface area contributed by atoms with E-state index < -0.39 is 17.7 Å². The molecular formula is C26H34N3O4+. The zero-order valence-electron chi connectivity index (χ0n) is 20.1. The van der Waals surface area contributed by atoms with Gasteiger partial charge in [0, 0.05) is 30.9 Å². The van der Waals surface area contributed by atoms with Crippen molar-refractivity contribution in [3.05, 3.63) is 65.0 Å². The third kappa shape index (κ3) is 5.60. The van der Waals surface area contributed by atoms with Crippen molar-refractivity contribution in [2.24, 2.45) is 5.92 Å². The Bertz CT molecular complexity index is 1030. The number of Topliss-reactive ketones (excluding diaryl/α,β-unsaturated/α-hetero) is 1. The van der Waals surface area contributed by atoms with E-state index in [2.05, 4.69) is 18.8 Å². The van der Waals surface area contributed by atoms with Crippen LogP contribution in [-0.2, 0) is 9.59 Å². The Morgan fingerprint density at radius 3 is 2.48 bits per heavy atom. The van der Waals surface area contributed by atoms with E-state index in [0.29, 0.717) is 30.4 Å². The Labute approximate surface area is 195 Å². The number of carbonyl (C=O) groups excluding carboxylic acids is 2. The number of nitrogens with zero attached hydrogens (tertiary/aromatic N) is 2. The highest BCUT2D eigenvalue weighted by Gasteiger charge is 2.46. The molecule has 1 atom stereocenters. The zero-order chi connectivity index (χ0) is 24.1. The molecule has 33 heavy (non-hydrogen) atoms. The number of hydrogen-bond acceptors (Lipinski definition) is 5. The number of nitrogens with one attached hydrogen (secondary N) is 1. The normalized spacial score (nSPS) is 17.9. The lowest BCUT2D eigenvalue weighted by atomic mass is 9.94. The second-order valence-corrected chi connectivity index (χ2v) is 9.27. The SMILES string of the molecule is Cc1cc(OCC(C)C)ccc1C(O)=C1C(=O)C(=O)N(CCC[NH+](C)C)C1c1ccncc1. The Hall–Kier alpha value is -3.19. The average molecular weight is 453 g/mol. The third-order valence-corrected chi connectivity index (χ3v) is 5.67. The highest BCUT2D eigenvalue weighted by molar-refractivity contribution is 6.46. The number of hydrogen-bond donors (Lipinski definition) is 2. The molecule has 3 rings (SSSR count). The number of ketones is 1. The number of quaternary nitrogens is 1. The van der Waals surface area contributed by atoms with Crippen molar-refractivity contribution >= 4 is 17.4 Å². The van der Waals surface area contributed by atoms with Crippen molar-refractivity contribution < 1.29 is 24.3 Å².